The molecule has 0 bridgehead atoms. The van der Waals surface area contributed by atoms with Gasteiger partial charge in [0.25, 0.3) is 0 Å². The highest BCUT2D eigenvalue weighted by Gasteiger charge is 2.45. The molecule has 0 aromatic rings. The first kappa shape index (κ1) is 22.0. The van der Waals surface area contributed by atoms with E-state index < -0.39 is 35.2 Å². The first-order valence-electron chi connectivity index (χ1n) is 8.61. The lowest BCUT2D eigenvalue weighted by atomic mass is 9.79. The van der Waals surface area contributed by atoms with E-state index in [1.807, 2.05) is 27.7 Å². The average molecular weight is 374 g/mol. The molecule has 3 amide bonds. The average Bonchev–Trinajstić information content (AvgIpc) is 2.46. The molecule has 0 radical (unpaired) electrons. The van der Waals surface area contributed by atoms with Crippen molar-refractivity contribution in [3.05, 3.63) is 0 Å². The third kappa shape index (κ3) is 6.34. The molecule has 0 aromatic heterocycles. The van der Waals surface area contributed by atoms with Gasteiger partial charge in [0.1, 0.15) is 6.04 Å². The molecular weight excluding hydrogens is 344 g/mol. The molecule has 1 fully saturated rings. The fourth-order valence-electron chi connectivity index (χ4n) is 3.59. The number of amides is 3. The van der Waals surface area contributed by atoms with Crippen LogP contribution in [0.15, 0.2) is 0 Å². The van der Waals surface area contributed by atoms with Crippen LogP contribution in [0.25, 0.3) is 0 Å². The van der Waals surface area contributed by atoms with Crippen LogP contribution in [0.1, 0.15) is 53.4 Å². The van der Waals surface area contributed by atoms with Crippen LogP contribution in [-0.2, 0) is 4.79 Å². The molecular formula is C16H30N4O6. The van der Waals surface area contributed by atoms with E-state index in [2.05, 4.69) is 16.0 Å². The van der Waals surface area contributed by atoms with Crippen molar-refractivity contribution in [1.29, 1.82) is 0 Å². The van der Waals surface area contributed by atoms with E-state index in [0.717, 1.165) is 0 Å². The van der Waals surface area contributed by atoms with Gasteiger partial charge >= 0.3 is 12.2 Å². The van der Waals surface area contributed by atoms with E-state index in [4.69, 9.17) is 10.2 Å². The third-order valence-electron chi connectivity index (χ3n) is 4.54. The zero-order valence-electron chi connectivity index (χ0n) is 15.7. The van der Waals surface area contributed by atoms with Crippen LogP contribution in [0.3, 0.4) is 0 Å². The van der Waals surface area contributed by atoms with Gasteiger partial charge in [0.15, 0.2) is 0 Å². The molecule has 0 saturated carbocycles. The Morgan fingerprint density at radius 2 is 1.62 bits per heavy atom. The smallest absolute Gasteiger partial charge is 0.405 e. The molecule has 6 N–H and O–H groups in total. The fraction of sp³-hybridized carbons (Fsp3) is 0.812. The van der Waals surface area contributed by atoms with Crippen LogP contribution in [0.5, 0.6) is 0 Å². The number of piperidine rings is 1. The van der Waals surface area contributed by atoms with E-state index in [1.165, 1.54) is 5.06 Å². The number of hydroxylamine groups is 2. The maximum absolute atomic E-state index is 12.5. The van der Waals surface area contributed by atoms with Crippen molar-refractivity contribution in [1.82, 2.24) is 21.0 Å². The lowest BCUT2D eigenvalue weighted by Gasteiger charge is -2.51. The second-order valence-corrected chi connectivity index (χ2v) is 7.93. The summed E-state index contributed by atoms with van der Waals surface area (Å²) in [5, 5.41) is 36.3. The first-order chi connectivity index (χ1) is 11.8. The molecule has 1 atom stereocenters. The maximum Gasteiger partial charge on any atom is 0.405 e. The van der Waals surface area contributed by atoms with E-state index in [-0.39, 0.29) is 19.0 Å². The number of carboxylic acid groups (broad SMARTS) is 2. The molecule has 1 unspecified atom stereocenters. The predicted molar refractivity (Wildman–Crippen MR) is 93.2 cm³/mol. The first-order valence-corrected chi connectivity index (χ1v) is 8.61. The number of hydrogen-bond acceptors (Lipinski definition) is 5. The summed E-state index contributed by atoms with van der Waals surface area (Å²) in [5.41, 5.74) is -1.08. The molecule has 1 saturated heterocycles. The van der Waals surface area contributed by atoms with E-state index >= 15 is 0 Å². The van der Waals surface area contributed by atoms with Crippen molar-refractivity contribution in [3.63, 3.8) is 0 Å². The minimum Gasteiger partial charge on any atom is -0.465 e. The SMILES string of the molecule is CC1(C)CC(NC(=O)C(CCCNC(=O)O)NC(=O)O)CC(C)(C)N1O. The Kier molecular flexibility index (Phi) is 7.22. The highest BCUT2D eigenvalue weighted by molar-refractivity contribution is 5.85. The van der Waals surface area contributed by atoms with Gasteiger partial charge < -0.3 is 31.4 Å². The van der Waals surface area contributed by atoms with Gasteiger partial charge in [0.05, 0.1) is 0 Å². The maximum atomic E-state index is 12.5. The number of carbonyl (C=O) groups excluding carboxylic acids is 1. The van der Waals surface area contributed by atoms with Crippen molar-refractivity contribution in [2.45, 2.75) is 76.5 Å². The van der Waals surface area contributed by atoms with Gasteiger partial charge in [0, 0.05) is 23.7 Å². The summed E-state index contributed by atoms with van der Waals surface area (Å²) in [5.74, 6) is -0.453. The minimum absolute atomic E-state index is 0.128. The van der Waals surface area contributed by atoms with Crippen LogP contribution in [0.2, 0.25) is 0 Å². The van der Waals surface area contributed by atoms with E-state index in [1.54, 1.807) is 0 Å². The van der Waals surface area contributed by atoms with Crippen LogP contribution >= 0.6 is 0 Å². The Hall–Kier alpha value is -2.07. The quantitative estimate of drug-likeness (QED) is 0.366. The number of nitrogens with zero attached hydrogens (tertiary/aromatic N) is 1. The highest BCUT2D eigenvalue weighted by atomic mass is 16.5. The summed E-state index contributed by atoms with van der Waals surface area (Å²) < 4.78 is 0. The molecule has 1 heterocycles. The molecule has 0 spiro atoms. The second-order valence-electron chi connectivity index (χ2n) is 7.93. The van der Waals surface area contributed by atoms with Crippen molar-refractivity contribution in [2.24, 2.45) is 0 Å². The van der Waals surface area contributed by atoms with Crippen molar-refractivity contribution >= 4 is 18.1 Å². The third-order valence-corrected chi connectivity index (χ3v) is 4.54. The molecule has 1 aliphatic heterocycles. The van der Waals surface area contributed by atoms with E-state index in [9.17, 15) is 19.6 Å². The van der Waals surface area contributed by atoms with Gasteiger partial charge in [-0.05, 0) is 53.4 Å². The molecule has 1 rings (SSSR count). The molecule has 0 aromatic carbocycles. The number of hydrogen-bond donors (Lipinski definition) is 6. The number of rotatable bonds is 7. The van der Waals surface area contributed by atoms with Gasteiger partial charge in [-0.1, -0.05) is 0 Å². The molecule has 10 heteroatoms. The van der Waals surface area contributed by atoms with Gasteiger partial charge in [0.2, 0.25) is 5.91 Å². The molecule has 26 heavy (non-hydrogen) atoms. The Morgan fingerprint density at radius 3 is 2.08 bits per heavy atom. The monoisotopic (exact) mass is 374 g/mol. The lowest BCUT2D eigenvalue weighted by Crippen LogP contribution is -2.63. The zero-order chi connectivity index (χ0) is 20.1. The highest BCUT2D eigenvalue weighted by Crippen LogP contribution is 2.36. The van der Waals surface area contributed by atoms with Gasteiger partial charge in [-0.25, -0.2) is 9.59 Å². The summed E-state index contributed by atoms with van der Waals surface area (Å²) in [7, 11) is 0. The predicted octanol–water partition coefficient (Wildman–Crippen LogP) is 1.20. The summed E-state index contributed by atoms with van der Waals surface area (Å²) in [6, 6.07) is -1.19. The summed E-state index contributed by atoms with van der Waals surface area (Å²) in [6.45, 7) is 7.62. The molecule has 150 valence electrons. The topological polar surface area (TPSA) is 151 Å². The molecule has 10 nitrogen and oxygen atoms in total. The van der Waals surface area contributed by atoms with Crippen molar-refractivity contribution < 1.29 is 29.8 Å². The number of nitrogens with one attached hydrogen (secondary N) is 3. The molecule has 1 aliphatic rings. The second kappa shape index (κ2) is 8.54. The van der Waals surface area contributed by atoms with E-state index in [0.29, 0.717) is 19.3 Å². The Bertz CT molecular complexity index is 519. The zero-order valence-corrected chi connectivity index (χ0v) is 15.7. The Morgan fingerprint density at radius 1 is 1.08 bits per heavy atom. The summed E-state index contributed by atoms with van der Waals surface area (Å²) in [6.07, 6.45) is -0.974. The number of carbonyl (C=O) groups is 3. The van der Waals surface area contributed by atoms with Crippen LogP contribution < -0.4 is 16.0 Å². The van der Waals surface area contributed by atoms with Crippen molar-refractivity contribution in [3.8, 4) is 0 Å². The van der Waals surface area contributed by atoms with Crippen molar-refractivity contribution in [2.75, 3.05) is 6.54 Å². The lowest BCUT2D eigenvalue weighted by molar-refractivity contribution is -0.246. The minimum atomic E-state index is -1.32. The van der Waals surface area contributed by atoms with Gasteiger partial charge in [-0.2, -0.15) is 5.06 Å². The van der Waals surface area contributed by atoms with Crippen LogP contribution in [0.4, 0.5) is 9.59 Å². The summed E-state index contributed by atoms with van der Waals surface area (Å²) in [4.78, 5) is 33.9. The fourth-order valence-corrected chi connectivity index (χ4v) is 3.59. The molecule has 0 aliphatic carbocycles. The van der Waals surface area contributed by atoms with Gasteiger partial charge in [-0.3, -0.25) is 4.79 Å². The standard InChI is InChI=1S/C16H30N4O6/c1-15(2)8-10(9-16(3,4)20(15)26)18-12(21)11(19-14(24)25)6-5-7-17-13(22)23/h10-11,17,19,26H,5-9H2,1-4H3,(H,18,21)(H,22,23)(H,24,25). The Balaban J connectivity index is 2.70. The van der Waals surface area contributed by atoms with Crippen LogP contribution in [0, 0.1) is 0 Å². The Labute approximate surface area is 152 Å². The summed E-state index contributed by atoms with van der Waals surface area (Å²) >= 11 is 0. The van der Waals surface area contributed by atoms with Crippen LogP contribution in [-0.4, -0.2) is 68.3 Å². The van der Waals surface area contributed by atoms with Gasteiger partial charge in [-0.15, -0.1) is 0 Å². The normalized spacial score (nSPS) is 20.8. The largest absolute Gasteiger partial charge is 0.465 e.